The summed E-state index contributed by atoms with van der Waals surface area (Å²) in [4.78, 5) is 4.56. The average Bonchev–Trinajstić information content (AvgIpc) is 2.84. The van der Waals surface area contributed by atoms with Crippen LogP contribution in [0.15, 0.2) is 42.6 Å². The van der Waals surface area contributed by atoms with Crippen molar-refractivity contribution in [1.29, 1.82) is 0 Å². The number of aromatic nitrogens is 2. The van der Waals surface area contributed by atoms with Crippen molar-refractivity contribution in [2.24, 2.45) is 5.73 Å². The second-order valence-electron chi connectivity index (χ2n) is 5.13. The summed E-state index contributed by atoms with van der Waals surface area (Å²) >= 11 is 0. The third-order valence-electron chi connectivity index (χ3n) is 3.64. The van der Waals surface area contributed by atoms with E-state index in [1.165, 1.54) is 6.07 Å². The standard InChI is InChI=1S/C17H18FN3O/c1-12-15(8-9-19)21-10-4-7-16(17(21)20-12)22-11-13-5-2-3-6-14(13)18/h2-7,10H,8-9,11,19H2,1H3. The molecular weight excluding hydrogens is 281 g/mol. The first-order valence-electron chi connectivity index (χ1n) is 7.23. The molecule has 114 valence electrons. The van der Waals surface area contributed by atoms with Crippen molar-refractivity contribution in [2.75, 3.05) is 6.54 Å². The minimum Gasteiger partial charge on any atom is -0.485 e. The Balaban J connectivity index is 1.91. The van der Waals surface area contributed by atoms with E-state index in [0.717, 1.165) is 23.5 Å². The number of pyridine rings is 1. The van der Waals surface area contributed by atoms with Gasteiger partial charge in [-0.3, -0.25) is 0 Å². The molecule has 0 amide bonds. The molecule has 5 heteroatoms. The molecule has 0 fully saturated rings. The van der Waals surface area contributed by atoms with Gasteiger partial charge in [-0.05, 0) is 31.7 Å². The lowest BCUT2D eigenvalue weighted by Crippen LogP contribution is -2.06. The van der Waals surface area contributed by atoms with Gasteiger partial charge < -0.3 is 14.9 Å². The van der Waals surface area contributed by atoms with Crippen LogP contribution in [0.1, 0.15) is 17.0 Å². The molecule has 0 saturated carbocycles. The number of rotatable bonds is 5. The van der Waals surface area contributed by atoms with Crippen molar-refractivity contribution in [2.45, 2.75) is 20.0 Å². The van der Waals surface area contributed by atoms with Crippen LogP contribution in [0, 0.1) is 12.7 Å². The SMILES string of the molecule is Cc1nc2c(OCc3ccccc3F)cccn2c1CCN. The molecule has 0 aliphatic rings. The fourth-order valence-corrected chi connectivity index (χ4v) is 2.53. The molecule has 0 saturated heterocycles. The highest BCUT2D eigenvalue weighted by atomic mass is 19.1. The first-order chi connectivity index (χ1) is 10.7. The van der Waals surface area contributed by atoms with Crippen LogP contribution in [0.3, 0.4) is 0 Å². The number of ether oxygens (including phenoxy) is 1. The summed E-state index contributed by atoms with van der Waals surface area (Å²) < 4.78 is 21.4. The first-order valence-corrected chi connectivity index (χ1v) is 7.23. The van der Waals surface area contributed by atoms with Gasteiger partial charge in [0.15, 0.2) is 11.4 Å². The molecule has 2 heterocycles. The molecule has 0 radical (unpaired) electrons. The second kappa shape index (κ2) is 6.15. The minimum absolute atomic E-state index is 0.171. The lowest BCUT2D eigenvalue weighted by Gasteiger charge is -2.08. The molecule has 0 atom stereocenters. The Labute approximate surface area is 128 Å². The van der Waals surface area contributed by atoms with Crippen molar-refractivity contribution in [1.82, 2.24) is 9.38 Å². The van der Waals surface area contributed by atoms with Crippen LogP contribution in [0.25, 0.3) is 5.65 Å². The highest BCUT2D eigenvalue weighted by molar-refractivity contribution is 5.56. The van der Waals surface area contributed by atoms with Gasteiger partial charge in [0.2, 0.25) is 0 Å². The van der Waals surface area contributed by atoms with Gasteiger partial charge in [0.05, 0.1) is 5.69 Å². The van der Waals surface area contributed by atoms with Crippen molar-refractivity contribution in [3.8, 4) is 5.75 Å². The zero-order valence-corrected chi connectivity index (χ0v) is 12.4. The molecule has 0 spiro atoms. The molecule has 0 aliphatic carbocycles. The van der Waals surface area contributed by atoms with E-state index < -0.39 is 0 Å². The number of fused-ring (bicyclic) bond motifs is 1. The molecule has 3 aromatic rings. The molecule has 0 unspecified atom stereocenters. The Bertz CT molecular complexity index is 798. The maximum Gasteiger partial charge on any atom is 0.180 e. The predicted octanol–water partition coefficient (Wildman–Crippen LogP) is 2.86. The second-order valence-corrected chi connectivity index (χ2v) is 5.13. The summed E-state index contributed by atoms with van der Waals surface area (Å²) in [5.41, 5.74) is 8.93. The fraction of sp³-hybridized carbons (Fsp3) is 0.235. The van der Waals surface area contributed by atoms with Crippen LogP contribution in [0.2, 0.25) is 0 Å². The Hall–Kier alpha value is -2.40. The highest BCUT2D eigenvalue weighted by Gasteiger charge is 2.12. The first kappa shape index (κ1) is 14.5. The van der Waals surface area contributed by atoms with Crippen LogP contribution >= 0.6 is 0 Å². The van der Waals surface area contributed by atoms with Crippen LogP contribution < -0.4 is 10.5 Å². The van der Waals surface area contributed by atoms with Gasteiger partial charge in [0.25, 0.3) is 0 Å². The van der Waals surface area contributed by atoms with Crippen LogP contribution in [0.5, 0.6) is 5.75 Å². The Morgan fingerprint density at radius 3 is 2.82 bits per heavy atom. The third kappa shape index (κ3) is 2.67. The monoisotopic (exact) mass is 299 g/mol. The normalized spacial score (nSPS) is 11.0. The van der Waals surface area contributed by atoms with Gasteiger partial charge in [-0.2, -0.15) is 0 Å². The Morgan fingerprint density at radius 2 is 2.05 bits per heavy atom. The fourth-order valence-electron chi connectivity index (χ4n) is 2.53. The van der Waals surface area contributed by atoms with E-state index in [4.69, 9.17) is 10.5 Å². The number of benzene rings is 1. The van der Waals surface area contributed by atoms with Gasteiger partial charge in [-0.15, -0.1) is 0 Å². The number of imidazole rings is 1. The van der Waals surface area contributed by atoms with E-state index in [-0.39, 0.29) is 12.4 Å². The predicted molar refractivity (Wildman–Crippen MR) is 83.4 cm³/mol. The zero-order chi connectivity index (χ0) is 15.5. The van der Waals surface area contributed by atoms with E-state index in [0.29, 0.717) is 17.9 Å². The van der Waals surface area contributed by atoms with Gasteiger partial charge in [0.1, 0.15) is 12.4 Å². The van der Waals surface area contributed by atoms with E-state index >= 15 is 0 Å². The largest absolute Gasteiger partial charge is 0.485 e. The smallest absolute Gasteiger partial charge is 0.180 e. The lowest BCUT2D eigenvalue weighted by atomic mass is 10.2. The maximum atomic E-state index is 13.7. The molecule has 0 aliphatic heterocycles. The summed E-state index contributed by atoms with van der Waals surface area (Å²) in [7, 11) is 0. The van der Waals surface area contributed by atoms with Gasteiger partial charge in [-0.1, -0.05) is 18.2 Å². The molecule has 4 nitrogen and oxygen atoms in total. The summed E-state index contributed by atoms with van der Waals surface area (Å²) in [5, 5.41) is 0. The zero-order valence-electron chi connectivity index (χ0n) is 12.4. The van der Waals surface area contributed by atoms with Crippen molar-refractivity contribution in [3.05, 3.63) is 65.4 Å². The van der Waals surface area contributed by atoms with E-state index in [1.807, 2.05) is 29.7 Å². The average molecular weight is 299 g/mol. The van der Waals surface area contributed by atoms with Gasteiger partial charge in [-0.25, -0.2) is 9.37 Å². The van der Waals surface area contributed by atoms with Crippen LogP contribution in [-0.4, -0.2) is 15.9 Å². The molecule has 2 aromatic heterocycles. The summed E-state index contributed by atoms with van der Waals surface area (Å²) in [6.07, 6.45) is 2.69. The maximum absolute atomic E-state index is 13.7. The van der Waals surface area contributed by atoms with Crippen molar-refractivity contribution in [3.63, 3.8) is 0 Å². The summed E-state index contributed by atoms with van der Waals surface area (Å²) in [6, 6.07) is 10.3. The van der Waals surface area contributed by atoms with Crippen LogP contribution in [0.4, 0.5) is 4.39 Å². The quantitative estimate of drug-likeness (QED) is 0.788. The number of hydrogen-bond acceptors (Lipinski definition) is 3. The molecule has 2 N–H and O–H groups in total. The number of aryl methyl sites for hydroxylation is 1. The number of halogens is 1. The molecule has 0 bridgehead atoms. The van der Waals surface area contributed by atoms with E-state index in [1.54, 1.807) is 18.2 Å². The molecule has 1 aromatic carbocycles. The number of nitrogens with zero attached hydrogens (tertiary/aromatic N) is 2. The highest BCUT2D eigenvalue weighted by Crippen LogP contribution is 2.23. The number of nitrogens with two attached hydrogens (primary N) is 1. The Morgan fingerprint density at radius 1 is 1.23 bits per heavy atom. The van der Waals surface area contributed by atoms with Gasteiger partial charge in [0, 0.05) is 23.9 Å². The van der Waals surface area contributed by atoms with E-state index in [2.05, 4.69) is 4.98 Å². The van der Waals surface area contributed by atoms with Crippen molar-refractivity contribution >= 4 is 5.65 Å². The minimum atomic E-state index is -0.266. The lowest BCUT2D eigenvalue weighted by molar-refractivity contribution is 0.301. The Kier molecular flexibility index (Phi) is 4.06. The summed E-state index contributed by atoms with van der Waals surface area (Å²) in [6.45, 7) is 2.69. The molecule has 22 heavy (non-hydrogen) atoms. The summed E-state index contributed by atoms with van der Waals surface area (Å²) in [5.74, 6) is 0.370. The molecular formula is C17H18FN3O. The van der Waals surface area contributed by atoms with Gasteiger partial charge >= 0.3 is 0 Å². The number of hydrogen-bond donors (Lipinski definition) is 1. The third-order valence-corrected chi connectivity index (χ3v) is 3.64. The van der Waals surface area contributed by atoms with E-state index in [9.17, 15) is 4.39 Å². The van der Waals surface area contributed by atoms with Crippen LogP contribution in [-0.2, 0) is 13.0 Å². The molecule has 3 rings (SSSR count). The van der Waals surface area contributed by atoms with Crippen molar-refractivity contribution < 1.29 is 9.13 Å². The topological polar surface area (TPSA) is 52.5 Å².